The van der Waals surface area contributed by atoms with Crippen LogP contribution >= 0.6 is 24.4 Å². The minimum Gasteiger partial charge on any atom is -0.497 e. The highest BCUT2D eigenvalue weighted by molar-refractivity contribution is 7.98. The molecule has 0 aliphatic rings. The number of rotatable bonds is 5. The number of imidazole rings is 2. The van der Waals surface area contributed by atoms with E-state index in [9.17, 15) is 0 Å². The van der Waals surface area contributed by atoms with Gasteiger partial charge in [-0.25, -0.2) is 9.97 Å². The molecule has 0 unspecified atom stereocenters. The van der Waals surface area contributed by atoms with Gasteiger partial charge in [-0.05, 0) is 42.5 Å². The summed E-state index contributed by atoms with van der Waals surface area (Å²) < 4.78 is 10.5. The van der Waals surface area contributed by atoms with Crippen LogP contribution in [0.1, 0.15) is 5.82 Å². The molecule has 34 heavy (non-hydrogen) atoms. The predicted octanol–water partition coefficient (Wildman–Crippen LogP) is 5.77. The Balaban J connectivity index is 0.000000200. The molecule has 6 rings (SSSR count). The topological polar surface area (TPSA) is 106 Å². The number of hydrogen-bond acceptors (Lipinski definition) is 8. The molecule has 0 bridgehead atoms. The molecule has 6 aromatic rings. The highest BCUT2D eigenvalue weighted by Crippen LogP contribution is 2.25. The van der Waals surface area contributed by atoms with E-state index >= 15 is 0 Å². The molecule has 10 heteroatoms. The van der Waals surface area contributed by atoms with Gasteiger partial charge in [0.1, 0.15) is 5.75 Å². The van der Waals surface area contributed by atoms with Crippen molar-refractivity contribution in [3.63, 3.8) is 0 Å². The summed E-state index contributed by atoms with van der Waals surface area (Å²) in [6.45, 7) is 0. The molecule has 0 saturated heterocycles. The quantitative estimate of drug-likeness (QED) is 0.209. The molecular formula is C24H20N6O2S2. The molecule has 3 heterocycles. The lowest BCUT2D eigenvalue weighted by molar-refractivity contribution is 0.412. The van der Waals surface area contributed by atoms with Gasteiger partial charge in [0.15, 0.2) is 16.1 Å². The average molecular weight is 489 g/mol. The van der Waals surface area contributed by atoms with E-state index in [-0.39, 0.29) is 0 Å². The van der Waals surface area contributed by atoms with Crippen LogP contribution in [0.2, 0.25) is 0 Å². The zero-order valence-corrected chi connectivity index (χ0v) is 19.8. The van der Waals surface area contributed by atoms with Crippen molar-refractivity contribution in [2.45, 2.75) is 16.1 Å². The van der Waals surface area contributed by atoms with Gasteiger partial charge < -0.3 is 19.2 Å². The fraction of sp³-hybridized carbons (Fsp3) is 0.0833. The van der Waals surface area contributed by atoms with Gasteiger partial charge in [0, 0.05) is 5.56 Å². The maximum atomic E-state index is 5.34. The number of benzene rings is 3. The number of nitrogens with one attached hydrogen (secondary N) is 2. The first-order valence-electron chi connectivity index (χ1n) is 10.4. The Hall–Kier alpha value is -3.76. The van der Waals surface area contributed by atoms with Crippen molar-refractivity contribution in [2.24, 2.45) is 0 Å². The smallest absolute Gasteiger partial charge is 0.258 e. The zero-order chi connectivity index (χ0) is 23.3. The van der Waals surface area contributed by atoms with Gasteiger partial charge in [0.2, 0.25) is 0 Å². The van der Waals surface area contributed by atoms with Crippen LogP contribution in [-0.4, -0.2) is 37.2 Å². The Kier molecular flexibility index (Phi) is 6.50. The largest absolute Gasteiger partial charge is 0.497 e. The van der Waals surface area contributed by atoms with Crippen LogP contribution in [0.15, 0.2) is 87.6 Å². The molecule has 3 aromatic carbocycles. The summed E-state index contributed by atoms with van der Waals surface area (Å²) >= 11 is 5.62. The molecule has 170 valence electrons. The lowest BCUT2D eigenvalue weighted by Gasteiger charge is -1.99. The second-order valence-corrected chi connectivity index (χ2v) is 8.56. The molecule has 0 radical (unpaired) electrons. The monoisotopic (exact) mass is 488 g/mol. The van der Waals surface area contributed by atoms with Crippen LogP contribution in [0.25, 0.3) is 33.5 Å². The van der Waals surface area contributed by atoms with Crippen LogP contribution in [0.5, 0.6) is 5.75 Å². The number of fused-ring (bicyclic) bond motifs is 2. The lowest BCUT2D eigenvalue weighted by atomic mass is 10.2. The van der Waals surface area contributed by atoms with E-state index in [1.807, 2.05) is 72.8 Å². The van der Waals surface area contributed by atoms with Gasteiger partial charge in [0.25, 0.3) is 5.89 Å². The summed E-state index contributed by atoms with van der Waals surface area (Å²) in [4.78, 5) is 19.4. The fourth-order valence-electron chi connectivity index (χ4n) is 3.26. The maximum Gasteiger partial charge on any atom is 0.258 e. The number of ether oxygens (including phenoxy) is 1. The number of aromatic nitrogens is 6. The molecule has 0 saturated carbocycles. The van der Waals surface area contributed by atoms with E-state index in [0.717, 1.165) is 38.5 Å². The van der Waals surface area contributed by atoms with Crippen molar-refractivity contribution < 1.29 is 9.26 Å². The van der Waals surface area contributed by atoms with E-state index < -0.39 is 0 Å². The lowest BCUT2D eigenvalue weighted by Crippen LogP contribution is -1.86. The van der Waals surface area contributed by atoms with Crippen LogP contribution < -0.4 is 4.74 Å². The Bertz CT molecular complexity index is 1470. The summed E-state index contributed by atoms with van der Waals surface area (Å²) in [5, 5.41) is 5.53. The minimum absolute atomic E-state index is 0.481. The van der Waals surface area contributed by atoms with E-state index in [1.165, 1.54) is 11.8 Å². The van der Waals surface area contributed by atoms with Crippen LogP contribution in [-0.2, 0) is 5.75 Å². The third-order valence-corrected chi connectivity index (χ3v) is 5.95. The summed E-state index contributed by atoms with van der Waals surface area (Å²) in [5.74, 6) is 2.43. The van der Waals surface area contributed by atoms with Gasteiger partial charge in [-0.15, -0.1) is 12.6 Å². The molecule has 0 spiro atoms. The number of thioether (sulfide) groups is 1. The van der Waals surface area contributed by atoms with Crippen LogP contribution in [0.4, 0.5) is 0 Å². The molecule has 3 aromatic heterocycles. The SMILES string of the molecule is COc1cccc(-c2nc(CSc3nc4ccccc4[nH]3)no2)c1.Sc1nc2ccccc2[nH]1. The molecule has 0 aliphatic carbocycles. The van der Waals surface area contributed by atoms with Crippen LogP contribution in [0.3, 0.4) is 0 Å². The number of hydrogen-bond donors (Lipinski definition) is 3. The Morgan fingerprint density at radius 1 is 0.882 bits per heavy atom. The van der Waals surface area contributed by atoms with Crippen molar-refractivity contribution in [2.75, 3.05) is 7.11 Å². The Morgan fingerprint density at radius 3 is 2.35 bits per heavy atom. The normalized spacial score (nSPS) is 10.9. The second kappa shape index (κ2) is 10.0. The van der Waals surface area contributed by atoms with Gasteiger partial charge in [-0.1, -0.05) is 47.3 Å². The number of para-hydroxylation sites is 4. The number of thiol groups is 1. The highest BCUT2D eigenvalue weighted by atomic mass is 32.2. The Labute approximate surface area is 204 Å². The third kappa shape index (κ3) is 5.08. The molecule has 0 aliphatic heterocycles. The fourth-order valence-corrected chi connectivity index (χ4v) is 4.21. The van der Waals surface area contributed by atoms with Gasteiger partial charge >= 0.3 is 0 Å². The summed E-state index contributed by atoms with van der Waals surface area (Å²) in [7, 11) is 1.63. The van der Waals surface area contributed by atoms with Crippen molar-refractivity contribution in [3.05, 3.63) is 78.6 Å². The van der Waals surface area contributed by atoms with E-state index in [1.54, 1.807) is 7.11 Å². The van der Waals surface area contributed by atoms with Gasteiger partial charge in [-0.2, -0.15) is 4.98 Å². The molecule has 0 amide bonds. The Morgan fingerprint density at radius 2 is 1.62 bits per heavy atom. The number of methoxy groups -OCH3 is 1. The summed E-state index contributed by atoms with van der Waals surface area (Å²) in [6.07, 6.45) is 0. The molecule has 2 N–H and O–H groups in total. The number of H-pyrrole nitrogens is 2. The van der Waals surface area contributed by atoms with Crippen molar-refractivity contribution in [1.29, 1.82) is 0 Å². The molecule has 8 nitrogen and oxygen atoms in total. The number of aromatic amines is 2. The van der Waals surface area contributed by atoms with Crippen molar-refractivity contribution in [3.8, 4) is 17.2 Å². The first-order valence-corrected chi connectivity index (χ1v) is 11.8. The van der Waals surface area contributed by atoms with Gasteiger partial charge in [-0.3, -0.25) is 0 Å². The van der Waals surface area contributed by atoms with Crippen LogP contribution in [0, 0.1) is 0 Å². The highest BCUT2D eigenvalue weighted by Gasteiger charge is 2.11. The van der Waals surface area contributed by atoms with E-state index in [2.05, 4.69) is 42.7 Å². The van der Waals surface area contributed by atoms with Crippen molar-refractivity contribution in [1.82, 2.24) is 30.1 Å². The summed E-state index contributed by atoms with van der Waals surface area (Å²) in [5.41, 5.74) is 4.80. The van der Waals surface area contributed by atoms with Crippen molar-refractivity contribution >= 4 is 46.5 Å². The number of nitrogens with zero attached hydrogens (tertiary/aromatic N) is 4. The van der Waals surface area contributed by atoms with E-state index in [4.69, 9.17) is 9.26 Å². The third-order valence-electron chi connectivity index (χ3n) is 4.87. The summed E-state index contributed by atoms with van der Waals surface area (Å²) in [6, 6.07) is 23.3. The molecule has 0 fully saturated rings. The molecule has 0 atom stereocenters. The second-order valence-electron chi connectivity index (χ2n) is 7.17. The zero-order valence-electron chi connectivity index (χ0n) is 18.1. The molecular weight excluding hydrogens is 468 g/mol. The maximum absolute atomic E-state index is 5.34. The standard InChI is InChI=1S/C17H14N4O2S.C7H6N2S/c1-22-12-6-4-5-11(9-12)16-20-15(21-23-16)10-24-17-18-13-7-2-3-8-14(13)19-17;10-7-8-5-3-1-2-4-6(5)9-7/h2-9H,10H2,1H3,(H,18,19);1-4H,(H2,8,9,10). The predicted molar refractivity (Wildman–Crippen MR) is 135 cm³/mol. The minimum atomic E-state index is 0.481. The first kappa shape index (κ1) is 22.1. The van der Waals surface area contributed by atoms with Gasteiger partial charge in [0.05, 0.1) is 34.9 Å². The first-order chi connectivity index (χ1) is 16.7. The average Bonchev–Trinajstić information content (AvgIpc) is 3.60. The van der Waals surface area contributed by atoms with E-state index in [0.29, 0.717) is 22.6 Å².